The third-order valence-electron chi connectivity index (χ3n) is 3.51. The number of aryl methyl sites for hydroxylation is 4. The van der Waals surface area contributed by atoms with Gasteiger partial charge in [-0.2, -0.15) is 5.10 Å². The van der Waals surface area contributed by atoms with Crippen molar-refractivity contribution in [1.29, 1.82) is 0 Å². The van der Waals surface area contributed by atoms with E-state index < -0.39 is 0 Å². The topological polar surface area (TPSA) is 57.8 Å². The van der Waals surface area contributed by atoms with Gasteiger partial charge in [-0.3, -0.25) is 9.89 Å². The molecule has 106 valence electrons. The number of hydrogen-bond acceptors (Lipinski definition) is 2. The SMILES string of the molecule is CCc1cc(C(=O)NCc2c(C)cc(C)cc2C)n[nH]1. The van der Waals surface area contributed by atoms with Gasteiger partial charge in [0, 0.05) is 12.2 Å². The molecule has 2 aromatic rings. The molecular weight excluding hydrogens is 250 g/mol. The van der Waals surface area contributed by atoms with Crippen molar-refractivity contribution in [1.82, 2.24) is 15.5 Å². The first kappa shape index (κ1) is 14.3. The molecular formula is C16H21N3O. The number of amides is 1. The van der Waals surface area contributed by atoms with Gasteiger partial charge in [-0.1, -0.05) is 24.6 Å². The average Bonchev–Trinajstić information content (AvgIpc) is 2.86. The van der Waals surface area contributed by atoms with Gasteiger partial charge >= 0.3 is 0 Å². The molecule has 0 unspecified atom stereocenters. The number of carbonyl (C=O) groups is 1. The smallest absolute Gasteiger partial charge is 0.272 e. The normalized spacial score (nSPS) is 10.6. The first-order valence-corrected chi connectivity index (χ1v) is 6.90. The van der Waals surface area contributed by atoms with Crippen molar-refractivity contribution < 1.29 is 4.79 Å². The predicted molar refractivity (Wildman–Crippen MR) is 79.8 cm³/mol. The molecule has 2 N–H and O–H groups in total. The molecule has 0 aliphatic rings. The summed E-state index contributed by atoms with van der Waals surface area (Å²) in [5.74, 6) is -0.139. The summed E-state index contributed by atoms with van der Waals surface area (Å²) in [4.78, 5) is 12.0. The highest BCUT2D eigenvalue weighted by Gasteiger charge is 2.11. The molecule has 1 heterocycles. The van der Waals surface area contributed by atoms with Crippen molar-refractivity contribution in [3.63, 3.8) is 0 Å². The number of aromatic amines is 1. The summed E-state index contributed by atoms with van der Waals surface area (Å²) < 4.78 is 0. The van der Waals surface area contributed by atoms with Gasteiger partial charge in [0.25, 0.3) is 5.91 Å². The number of rotatable bonds is 4. The molecule has 0 atom stereocenters. The van der Waals surface area contributed by atoms with Crippen LogP contribution in [0.1, 0.15) is 45.4 Å². The summed E-state index contributed by atoms with van der Waals surface area (Å²) in [5.41, 5.74) is 6.26. The molecule has 0 aliphatic heterocycles. The molecule has 1 aromatic carbocycles. The molecule has 20 heavy (non-hydrogen) atoms. The molecule has 0 fully saturated rings. The van der Waals surface area contributed by atoms with Crippen molar-refractivity contribution in [2.75, 3.05) is 0 Å². The van der Waals surface area contributed by atoms with E-state index in [9.17, 15) is 4.79 Å². The third-order valence-corrected chi connectivity index (χ3v) is 3.51. The minimum atomic E-state index is -0.139. The van der Waals surface area contributed by atoms with Crippen LogP contribution in [0.2, 0.25) is 0 Å². The maximum Gasteiger partial charge on any atom is 0.272 e. The maximum atomic E-state index is 12.0. The molecule has 0 spiro atoms. The van der Waals surface area contributed by atoms with Gasteiger partial charge in [0.2, 0.25) is 0 Å². The van der Waals surface area contributed by atoms with Crippen molar-refractivity contribution >= 4 is 5.91 Å². The van der Waals surface area contributed by atoms with Crippen molar-refractivity contribution in [2.45, 2.75) is 40.7 Å². The Morgan fingerprint density at radius 2 is 1.85 bits per heavy atom. The minimum absolute atomic E-state index is 0.139. The number of carbonyl (C=O) groups excluding carboxylic acids is 1. The summed E-state index contributed by atoms with van der Waals surface area (Å²) in [6, 6.07) is 6.07. The second-order valence-electron chi connectivity index (χ2n) is 5.19. The Morgan fingerprint density at radius 1 is 1.20 bits per heavy atom. The van der Waals surface area contributed by atoms with Gasteiger partial charge in [-0.15, -0.1) is 0 Å². The van der Waals surface area contributed by atoms with Crippen molar-refractivity contribution in [3.8, 4) is 0 Å². The fraction of sp³-hybridized carbons (Fsp3) is 0.375. The lowest BCUT2D eigenvalue weighted by molar-refractivity contribution is 0.0946. The largest absolute Gasteiger partial charge is 0.347 e. The van der Waals surface area contributed by atoms with Crippen LogP contribution in [-0.4, -0.2) is 16.1 Å². The van der Waals surface area contributed by atoms with Crippen molar-refractivity contribution in [2.24, 2.45) is 0 Å². The summed E-state index contributed by atoms with van der Waals surface area (Å²) in [6.45, 7) is 8.79. The zero-order valence-electron chi connectivity index (χ0n) is 12.5. The van der Waals surface area contributed by atoms with Gasteiger partial charge in [-0.25, -0.2) is 0 Å². The van der Waals surface area contributed by atoms with Crippen molar-refractivity contribution in [3.05, 3.63) is 51.8 Å². The van der Waals surface area contributed by atoms with Gasteiger partial charge in [-0.05, 0) is 49.9 Å². The zero-order valence-corrected chi connectivity index (χ0v) is 12.5. The lowest BCUT2D eigenvalue weighted by Gasteiger charge is -2.11. The average molecular weight is 271 g/mol. The molecule has 0 saturated carbocycles. The van der Waals surface area contributed by atoms with Crippen LogP contribution in [0.25, 0.3) is 0 Å². The van der Waals surface area contributed by atoms with Gasteiger partial charge < -0.3 is 5.32 Å². The van der Waals surface area contributed by atoms with E-state index in [1.807, 2.05) is 6.92 Å². The fourth-order valence-corrected chi connectivity index (χ4v) is 2.41. The Bertz CT molecular complexity index is 605. The molecule has 2 rings (SSSR count). The summed E-state index contributed by atoms with van der Waals surface area (Å²) >= 11 is 0. The third kappa shape index (κ3) is 3.07. The molecule has 0 saturated heterocycles. The highest BCUT2D eigenvalue weighted by atomic mass is 16.1. The lowest BCUT2D eigenvalue weighted by Crippen LogP contribution is -2.24. The Kier molecular flexibility index (Phi) is 4.23. The highest BCUT2D eigenvalue weighted by molar-refractivity contribution is 5.92. The van der Waals surface area contributed by atoms with E-state index >= 15 is 0 Å². The Hall–Kier alpha value is -2.10. The van der Waals surface area contributed by atoms with E-state index in [0.29, 0.717) is 12.2 Å². The predicted octanol–water partition coefficient (Wildman–Crippen LogP) is 2.83. The quantitative estimate of drug-likeness (QED) is 0.898. The summed E-state index contributed by atoms with van der Waals surface area (Å²) in [6.07, 6.45) is 0.844. The van der Waals surface area contributed by atoms with Crippen LogP contribution in [0.5, 0.6) is 0 Å². The van der Waals surface area contributed by atoms with E-state index in [0.717, 1.165) is 12.1 Å². The van der Waals surface area contributed by atoms with E-state index in [1.54, 1.807) is 6.07 Å². The van der Waals surface area contributed by atoms with Gasteiger partial charge in [0.05, 0.1) is 0 Å². The van der Waals surface area contributed by atoms with Crippen LogP contribution >= 0.6 is 0 Å². The summed E-state index contributed by atoms with van der Waals surface area (Å²) in [7, 11) is 0. The van der Waals surface area contributed by atoms with Crippen LogP contribution in [-0.2, 0) is 13.0 Å². The first-order valence-electron chi connectivity index (χ1n) is 6.90. The first-order chi connectivity index (χ1) is 9.51. The molecule has 0 aliphatic carbocycles. The van der Waals surface area contributed by atoms with Crippen LogP contribution in [0.3, 0.4) is 0 Å². The Labute approximate surface area is 119 Å². The maximum absolute atomic E-state index is 12.0. The fourth-order valence-electron chi connectivity index (χ4n) is 2.41. The van der Waals surface area contributed by atoms with Crippen LogP contribution in [0.15, 0.2) is 18.2 Å². The standard InChI is InChI=1S/C16H21N3O/c1-5-13-8-15(19-18-13)16(20)17-9-14-11(3)6-10(2)7-12(14)4/h6-8H,5,9H2,1-4H3,(H,17,20)(H,18,19). The van der Waals surface area contributed by atoms with E-state index in [-0.39, 0.29) is 5.91 Å². The van der Waals surface area contributed by atoms with E-state index in [4.69, 9.17) is 0 Å². The number of nitrogens with one attached hydrogen (secondary N) is 2. The lowest BCUT2D eigenvalue weighted by atomic mass is 10.00. The minimum Gasteiger partial charge on any atom is -0.347 e. The number of hydrogen-bond donors (Lipinski definition) is 2. The highest BCUT2D eigenvalue weighted by Crippen LogP contribution is 2.16. The molecule has 0 bridgehead atoms. The Balaban J connectivity index is 2.07. The number of H-pyrrole nitrogens is 1. The number of benzene rings is 1. The molecule has 0 radical (unpaired) electrons. The van der Waals surface area contributed by atoms with E-state index in [1.165, 1.54) is 22.3 Å². The molecule has 1 amide bonds. The second-order valence-corrected chi connectivity index (χ2v) is 5.19. The Morgan fingerprint density at radius 3 is 2.40 bits per heavy atom. The second kappa shape index (κ2) is 5.90. The van der Waals surface area contributed by atoms with Crippen LogP contribution < -0.4 is 5.32 Å². The molecule has 4 nitrogen and oxygen atoms in total. The number of aromatic nitrogens is 2. The van der Waals surface area contributed by atoms with E-state index in [2.05, 4.69) is 48.4 Å². The molecule has 4 heteroatoms. The van der Waals surface area contributed by atoms with Gasteiger partial charge in [0.15, 0.2) is 0 Å². The van der Waals surface area contributed by atoms with Crippen LogP contribution in [0, 0.1) is 20.8 Å². The van der Waals surface area contributed by atoms with Gasteiger partial charge in [0.1, 0.15) is 5.69 Å². The zero-order chi connectivity index (χ0) is 14.7. The monoisotopic (exact) mass is 271 g/mol. The summed E-state index contributed by atoms with van der Waals surface area (Å²) in [5, 5.41) is 9.81. The van der Waals surface area contributed by atoms with Crippen LogP contribution in [0.4, 0.5) is 0 Å². The molecule has 1 aromatic heterocycles. The number of nitrogens with zero attached hydrogens (tertiary/aromatic N) is 1.